The van der Waals surface area contributed by atoms with Crippen molar-refractivity contribution in [3.8, 4) is 0 Å². The van der Waals surface area contributed by atoms with Gasteiger partial charge in [0.15, 0.2) is 5.16 Å². The van der Waals surface area contributed by atoms with Crippen molar-refractivity contribution < 1.29 is 9.53 Å². The van der Waals surface area contributed by atoms with Gasteiger partial charge < -0.3 is 15.0 Å². The Morgan fingerprint density at radius 3 is 3.15 bits per heavy atom. The lowest BCUT2D eigenvalue weighted by molar-refractivity contribution is -0.119. The molecule has 0 radical (unpaired) electrons. The van der Waals surface area contributed by atoms with E-state index in [9.17, 15) is 4.79 Å². The van der Waals surface area contributed by atoms with Crippen molar-refractivity contribution in [2.75, 3.05) is 38.5 Å². The first-order chi connectivity index (χ1) is 12.5. The maximum Gasteiger partial charge on any atom is 0.230 e. The molecule has 0 saturated carbocycles. The number of carbonyl (C=O) groups is 1. The van der Waals surface area contributed by atoms with Gasteiger partial charge in [-0.05, 0) is 30.5 Å². The normalized spacial score (nSPS) is 18.5. The van der Waals surface area contributed by atoms with Gasteiger partial charge >= 0.3 is 0 Å². The van der Waals surface area contributed by atoms with Crippen molar-refractivity contribution >= 4 is 28.7 Å². The standard InChI is InChI=1S/C19H28N4O2S/c1-13(2)10-23-6-7-25-15(11-23)9-20-18(24)12-26-19-21-16-5-4-14(3)8-17(16)22-19/h4-5,8,13,15H,6-7,9-12H2,1-3H3,(H,20,24)(H,21,22)/t15-/m1/s1. The van der Waals surface area contributed by atoms with Gasteiger partial charge in [-0.15, -0.1) is 0 Å². The van der Waals surface area contributed by atoms with E-state index in [4.69, 9.17) is 4.74 Å². The molecule has 1 aromatic heterocycles. The second kappa shape index (κ2) is 8.88. The van der Waals surface area contributed by atoms with Gasteiger partial charge in [0.2, 0.25) is 5.91 Å². The molecule has 1 aliphatic heterocycles. The first-order valence-electron chi connectivity index (χ1n) is 9.19. The van der Waals surface area contributed by atoms with E-state index in [2.05, 4.69) is 47.0 Å². The highest BCUT2D eigenvalue weighted by molar-refractivity contribution is 7.99. The first-order valence-corrected chi connectivity index (χ1v) is 10.2. The Hall–Kier alpha value is -1.57. The number of nitrogens with zero attached hydrogens (tertiary/aromatic N) is 2. The molecule has 1 atom stereocenters. The molecular formula is C19H28N4O2S. The fraction of sp³-hybridized carbons (Fsp3) is 0.579. The number of aromatic nitrogens is 2. The maximum absolute atomic E-state index is 12.1. The average Bonchev–Trinajstić information content (AvgIpc) is 3.00. The third-order valence-corrected chi connectivity index (χ3v) is 5.20. The van der Waals surface area contributed by atoms with Crippen LogP contribution in [0.15, 0.2) is 23.4 Å². The van der Waals surface area contributed by atoms with Crippen molar-refractivity contribution in [1.29, 1.82) is 0 Å². The van der Waals surface area contributed by atoms with Gasteiger partial charge in [0, 0.05) is 26.2 Å². The zero-order valence-corrected chi connectivity index (χ0v) is 16.6. The molecule has 26 heavy (non-hydrogen) atoms. The van der Waals surface area contributed by atoms with Gasteiger partial charge in [0.25, 0.3) is 0 Å². The van der Waals surface area contributed by atoms with Crippen LogP contribution in [-0.2, 0) is 9.53 Å². The molecule has 2 N–H and O–H groups in total. The number of amides is 1. The number of benzene rings is 1. The minimum Gasteiger partial charge on any atom is -0.374 e. The van der Waals surface area contributed by atoms with Crippen LogP contribution in [0.25, 0.3) is 11.0 Å². The van der Waals surface area contributed by atoms with Crippen molar-refractivity contribution in [1.82, 2.24) is 20.2 Å². The number of rotatable bonds is 7. The summed E-state index contributed by atoms with van der Waals surface area (Å²) in [5.74, 6) is 1.00. The molecule has 0 spiro atoms. The lowest BCUT2D eigenvalue weighted by Crippen LogP contribution is -2.48. The first kappa shape index (κ1) is 19.2. The molecule has 2 aromatic rings. The quantitative estimate of drug-likeness (QED) is 0.727. The number of hydrogen-bond acceptors (Lipinski definition) is 5. The number of imidazole rings is 1. The number of thioether (sulfide) groups is 1. The predicted octanol–water partition coefficient (Wildman–Crippen LogP) is 2.44. The summed E-state index contributed by atoms with van der Waals surface area (Å²) < 4.78 is 5.77. The van der Waals surface area contributed by atoms with Crippen LogP contribution >= 0.6 is 11.8 Å². The van der Waals surface area contributed by atoms with Crippen LogP contribution in [0.4, 0.5) is 0 Å². The summed E-state index contributed by atoms with van der Waals surface area (Å²) in [6, 6.07) is 6.10. The van der Waals surface area contributed by atoms with E-state index >= 15 is 0 Å². The number of aromatic amines is 1. The Bertz CT molecular complexity index is 746. The molecule has 2 heterocycles. The molecule has 6 nitrogen and oxygen atoms in total. The Morgan fingerprint density at radius 2 is 2.35 bits per heavy atom. The van der Waals surface area contributed by atoms with Gasteiger partial charge in [0.05, 0.1) is 29.5 Å². The van der Waals surface area contributed by atoms with E-state index in [0.29, 0.717) is 18.2 Å². The number of aryl methyl sites for hydroxylation is 1. The molecule has 1 saturated heterocycles. The zero-order chi connectivity index (χ0) is 18.5. The Kier molecular flexibility index (Phi) is 6.56. The summed E-state index contributed by atoms with van der Waals surface area (Å²) in [5.41, 5.74) is 3.13. The molecule has 1 aromatic carbocycles. The van der Waals surface area contributed by atoms with Gasteiger partial charge in [-0.25, -0.2) is 4.98 Å². The van der Waals surface area contributed by atoms with E-state index in [-0.39, 0.29) is 12.0 Å². The van der Waals surface area contributed by atoms with E-state index in [0.717, 1.165) is 42.4 Å². The van der Waals surface area contributed by atoms with Gasteiger partial charge in [-0.3, -0.25) is 9.69 Å². The SMILES string of the molecule is Cc1ccc2nc(SCC(=O)NC[C@@H]3CN(CC(C)C)CCO3)[nH]c2c1. The van der Waals surface area contributed by atoms with Crippen molar-refractivity contribution in [2.45, 2.75) is 32.0 Å². The molecule has 0 aliphatic carbocycles. The number of hydrogen-bond donors (Lipinski definition) is 2. The molecule has 0 bridgehead atoms. The molecular weight excluding hydrogens is 348 g/mol. The molecule has 1 amide bonds. The monoisotopic (exact) mass is 376 g/mol. The van der Waals surface area contributed by atoms with Crippen molar-refractivity contribution in [3.63, 3.8) is 0 Å². The third kappa shape index (κ3) is 5.46. The van der Waals surface area contributed by atoms with Crippen LogP contribution in [0.5, 0.6) is 0 Å². The van der Waals surface area contributed by atoms with E-state index in [1.54, 1.807) is 0 Å². The number of carbonyl (C=O) groups excluding carboxylic acids is 1. The highest BCUT2D eigenvalue weighted by Crippen LogP contribution is 2.20. The van der Waals surface area contributed by atoms with Crippen LogP contribution in [0.2, 0.25) is 0 Å². The number of nitrogens with one attached hydrogen (secondary N) is 2. The second-order valence-electron chi connectivity index (χ2n) is 7.30. The van der Waals surface area contributed by atoms with Crippen molar-refractivity contribution in [3.05, 3.63) is 23.8 Å². The molecule has 0 unspecified atom stereocenters. The molecule has 1 aliphatic rings. The smallest absolute Gasteiger partial charge is 0.230 e. The predicted molar refractivity (Wildman–Crippen MR) is 106 cm³/mol. The second-order valence-corrected chi connectivity index (χ2v) is 8.27. The Labute approximate surface area is 159 Å². The van der Waals surface area contributed by atoms with E-state index in [1.165, 1.54) is 17.3 Å². The topological polar surface area (TPSA) is 70.2 Å². The fourth-order valence-electron chi connectivity index (χ4n) is 3.17. The summed E-state index contributed by atoms with van der Waals surface area (Å²) in [5, 5.41) is 3.76. The van der Waals surface area contributed by atoms with Crippen molar-refractivity contribution in [2.24, 2.45) is 5.92 Å². The summed E-state index contributed by atoms with van der Waals surface area (Å²) in [4.78, 5) is 22.3. The van der Waals surface area contributed by atoms with Crippen LogP contribution < -0.4 is 5.32 Å². The highest BCUT2D eigenvalue weighted by atomic mass is 32.2. The van der Waals surface area contributed by atoms with E-state index in [1.807, 2.05) is 12.1 Å². The van der Waals surface area contributed by atoms with Crippen LogP contribution in [-0.4, -0.2) is 65.4 Å². The van der Waals surface area contributed by atoms with E-state index < -0.39 is 0 Å². The van der Waals surface area contributed by atoms with Crippen LogP contribution in [0.3, 0.4) is 0 Å². The van der Waals surface area contributed by atoms with Gasteiger partial charge in [-0.1, -0.05) is 31.7 Å². The minimum absolute atomic E-state index is 0.0104. The van der Waals surface area contributed by atoms with Crippen LogP contribution in [0.1, 0.15) is 19.4 Å². The minimum atomic E-state index is 0.0104. The fourth-order valence-corrected chi connectivity index (χ4v) is 3.88. The average molecular weight is 377 g/mol. The summed E-state index contributed by atoms with van der Waals surface area (Å²) in [7, 11) is 0. The number of H-pyrrole nitrogens is 1. The number of fused-ring (bicyclic) bond motifs is 1. The molecule has 142 valence electrons. The molecule has 7 heteroatoms. The lowest BCUT2D eigenvalue weighted by atomic mass is 10.2. The van der Waals surface area contributed by atoms with Gasteiger partial charge in [0.1, 0.15) is 0 Å². The van der Waals surface area contributed by atoms with Crippen LogP contribution in [0, 0.1) is 12.8 Å². The third-order valence-electron chi connectivity index (χ3n) is 4.33. The maximum atomic E-state index is 12.1. The Balaban J connectivity index is 1.42. The lowest BCUT2D eigenvalue weighted by Gasteiger charge is -2.33. The Morgan fingerprint density at radius 1 is 1.50 bits per heavy atom. The molecule has 1 fully saturated rings. The van der Waals surface area contributed by atoms with Gasteiger partial charge in [-0.2, -0.15) is 0 Å². The molecule has 3 rings (SSSR count). The largest absolute Gasteiger partial charge is 0.374 e. The number of morpholine rings is 1. The summed E-state index contributed by atoms with van der Waals surface area (Å²) in [6.07, 6.45) is 0.0747. The highest BCUT2D eigenvalue weighted by Gasteiger charge is 2.21. The summed E-state index contributed by atoms with van der Waals surface area (Å²) in [6.45, 7) is 10.7. The number of ether oxygens (including phenoxy) is 1. The zero-order valence-electron chi connectivity index (χ0n) is 15.7. The summed E-state index contributed by atoms with van der Waals surface area (Å²) >= 11 is 1.43.